The molecule has 5 nitrogen and oxygen atoms in total. The van der Waals surface area contributed by atoms with Gasteiger partial charge in [0.05, 0.1) is 17.7 Å². The molecule has 2 rings (SSSR count). The molecule has 6 heteroatoms. The van der Waals surface area contributed by atoms with Gasteiger partial charge in [0.2, 0.25) is 0 Å². The molecule has 1 aromatic carbocycles. The Morgan fingerprint density at radius 2 is 2.10 bits per heavy atom. The molecule has 0 spiro atoms. The fourth-order valence-corrected chi connectivity index (χ4v) is 2.69. The van der Waals surface area contributed by atoms with Gasteiger partial charge < -0.3 is 10.0 Å². The minimum Gasteiger partial charge on any atom is -0.507 e. The SMILES string of the molecule is CCC(C#N)N1CCN(C(=O)c2ccc(Cl)cc2O)CC1. The Kier molecular flexibility index (Phi) is 5.05. The molecule has 112 valence electrons. The van der Waals surface area contributed by atoms with E-state index in [0.717, 1.165) is 6.42 Å². The number of hydrogen-bond acceptors (Lipinski definition) is 4. The van der Waals surface area contributed by atoms with E-state index in [-0.39, 0.29) is 23.3 Å². The van der Waals surface area contributed by atoms with Gasteiger partial charge in [0, 0.05) is 31.2 Å². The molecule has 1 atom stereocenters. The molecular formula is C15H18ClN3O2. The molecule has 1 aromatic rings. The molecule has 0 saturated carbocycles. The molecular weight excluding hydrogens is 290 g/mol. The maximum Gasteiger partial charge on any atom is 0.257 e. The fraction of sp³-hybridized carbons (Fsp3) is 0.467. The summed E-state index contributed by atoms with van der Waals surface area (Å²) in [5.41, 5.74) is 0.264. The first-order valence-corrected chi connectivity index (χ1v) is 7.36. The summed E-state index contributed by atoms with van der Waals surface area (Å²) >= 11 is 5.77. The van der Waals surface area contributed by atoms with Gasteiger partial charge in [-0.1, -0.05) is 18.5 Å². The Morgan fingerprint density at radius 3 is 2.62 bits per heavy atom. The van der Waals surface area contributed by atoms with Gasteiger partial charge in [-0.2, -0.15) is 5.26 Å². The quantitative estimate of drug-likeness (QED) is 0.928. The molecule has 21 heavy (non-hydrogen) atoms. The van der Waals surface area contributed by atoms with Crippen LogP contribution in [0.15, 0.2) is 18.2 Å². The van der Waals surface area contributed by atoms with E-state index in [1.165, 1.54) is 12.1 Å². The van der Waals surface area contributed by atoms with E-state index in [9.17, 15) is 9.90 Å². The number of nitrogens with zero attached hydrogens (tertiary/aromatic N) is 3. The highest BCUT2D eigenvalue weighted by Gasteiger charge is 2.26. The second-order valence-corrected chi connectivity index (χ2v) is 5.48. The highest BCUT2D eigenvalue weighted by Crippen LogP contribution is 2.24. The van der Waals surface area contributed by atoms with E-state index in [1.807, 2.05) is 6.92 Å². The number of carbonyl (C=O) groups is 1. The minimum absolute atomic E-state index is 0.0915. The average Bonchev–Trinajstić information content (AvgIpc) is 2.48. The summed E-state index contributed by atoms with van der Waals surface area (Å²) in [5, 5.41) is 19.3. The number of hydrogen-bond donors (Lipinski definition) is 1. The van der Waals surface area contributed by atoms with Crippen LogP contribution in [0.25, 0.3) is 0 Å². The van der Waals surface area contributed by atoms with E-state index in [2.05, 4.69) is 11.0 Å². The van der Waals surface area contributed by atoms with Crippen molar-refractivity contribution in [2.75, 3.05) is 26.2 Å². The number of piperazine rings is 1. The van der Waals surface area contributed by atoms with E-state index < -0.39 is 0 Å². The summed E-state index contributed by atoms with van der Waals surface area (Å²) in [6, 6.07) is 6.69. The largest absolute Gasteiger partial charge is 0.507 e. The lowest BCUT2D eigenvalue weighted by molar-refractivity contribution is 0.0602. The zero-order chi connectivity index (χ0) is 15.4. The first-order valence-electron chi connectivity index (χ1n) is 6.98. The van der Waals surface area contributed by atoms with Gasteiger partial charge >= 0.3 is 0 Å². The molecule has 0 aromatic heterocycles. The summed E-state index contributed by atoms with van der Waals surface area (Å²) in [6.07, 6.45) is 0.780. The third-order valence-corrected chi connectivity index (χ3v) is 4.00. The second kappa shape index (κ2) is 6.79. The number of halogens is 1. The zero-order valence-electron chi connectivity index (χ0n) is 11.9. The van der Waals surface area contributed by atoms with Crippen LogP contribution in [-0.4, -0.2) is 53.0 Å². The maximum absolute atomic E-state index is 12.4. The van der Waals surface area contributed by atoms with Crippen molar-refractivity contribution in [1.82, 2.24) is 9.80 Å². The number of amides is 1. The van der Waals surface area contributed by atoms with Crippen LogP contribution >= 0.6 is 11.6 Å². The molecule has 1 fully saturated rings. The third-order valence-electron chi connectivity index (χ3n) is 3.77. The van der Waals surface area contributed by atoms with Crippen molar-refractivity contribution in [3.63, 3.8) is 0 Å². The van der Waals surface area contributed by atoms with Gasteiger partial charge in [0.15, 0.2) is 0 Å². The Labute approximate surface area is 129 Å². The lowest BCUT2D eigenvalue weighted by atomic mass is 10.1. The Balaban J connectivity index is 2.02. The van der Waals surface area contributed by atoms with Crippen LogP contribution in [-0.2, 0) is 0 Å². The van der Waals surface area contributed by atoms with Crippen LogP contribution < -0.4 is 0 Å². The molecule has 1 aliphatic rings. The summed E-state index contributed by atoms with van der Waals surface area (Å²) < 4.78 is 0. The Bertz CT molecular complexity index is 563. The monoisotopic (exact) mass is 307 g/mol. The van der Waals surface area contributed by atoms with Crippen molar-refractivity contribution < 1.29 is 9.90 Å². The van der Waals surface area contributed by atoms with E-state index in [4.69, 9.17) is 16.9 Å². The lowest BCUT2D eigenvalue weighted by Crippen LogP contribution is -2.51. The van der Waals surface area contributed by atoms with Crippen molar-refractivity contribution in [3.8, 4) is 11.8 Å². The third kappa shape index (κ3) is 3.46. The molecule has 1 saturated heterocycles. The highest BCUT2D eigenvalue weighted by atomic mass is 35.5. The number of rotatable bonds is 3. The van der Waals surface area contributed by atoms with Gasteiger partial charge in [-0.25, -0.2) is 0 Å². The predicted molar refractivity (Wildman–Crippen MR) is 80.3 cm³/mol. The van der Waals surface area contributed by atoms with Gasteiger partial charge in [0.1, 0.15) is 5.75 Å². The van der Waals surface area contributed by atoms with Crippen LogP contribution in [0.2, 0.25) is 5.02 Å². The number of benzene rings is 1. The summed E-state index contributed by atoms with van der Waals surface area (Å²) in [6.45, 7) is 4.44. The number of phenolic OH excluding ortho intramolecular Hbond substituents is 1. The number of carbonyl (C=O) groups excluding carboxylic acids is 1. The minimum atomic E-state index is -0.200. The van der Waals surface area contributed by atoms with Gasteiger partial charge in [-0.3, -0.25) is 9.69 Å². The van der Waals surface area contributed by atoms with Crippen molar-refractivity contribution >= 4 is 17.5 Å². The maximum atomic E-state index is 12.4. The van der Waals surface area contributed by atoms with Crippen molar-refractivity contribution in [2.24, 2.45) is 0 Å². The fourth-order valence-electron chi connectivity index (χ4n) is 2.52. The summed E-state index contributed by atoms with van der Waals surface area (Å²) in [5.74, 6) is -0.299. The van der Waals surface area contributed by atoms with Crippen molar-refractivity contribution in [3.05, 3.63) is 28.8 Å². The van der Waals surface area contributed by atoms with E-state index >= 15 is 0 Å². The molecule has 0 radical (unpaired) electrons. The second-order valence-electron chi connectivity index (χ2n) is 5.04. The van der Waals surface area contributed by atoms with Gasteiger partial charge in [-0.05, 0) is 24.6 Å². The van der Waals surface area contributed by atoms with Gasteiger partial charge in [-0.15, -0.1) is 0 Å². The summed E-state index contributed by atoms with van der Waals surface area (Å²) in [4.78, 5) is 16.2. The average molecular weight is 308 g/mol. The first-order chi connectivity index (χ1) is 10.1. The van der Waals surface area contributed by atoms with Crippen LogP contribution in [0.4, 0.5) is 0 Å². The molecule has 1 aliphatic heterocycles. The topological polar surface area (TPSA) is 67.6 Å². The molecule has 0 aliphatic carbocycles. The van der Waals surface area contributed by atoms with Crippen molar-refractivity contribution in [1.29, 1.82) is 5.26 Å². The van der Waals surface area contributed by atoms with E-state index in [0.29, 0.717) is 31.2 Å². The smallest absolute Gasteiger partial charge is 0.257 e. The van der Waals surface area contributed by atoms with Gasteiger partial charge in [0.25, 0.3) is 5.91 Å². The Hall–Kier alpha value is -1.77. The molecule has 1 N–H and O–H groups in total. The number of nitriles is 1. The molecule has 1 amide bonds. The normalized spacial score (nSPS) is 17.3. The molecule has 0 bridgehead atoms. The molecule has 1 unspecified atom stereocenters. The lowest BCUT2D eigenvalue weighted by Gasteiger charge is -2.36. The number of phenols is 1. The Morgan fingerprint density at radius 1 is 1.43 bits per heavy atom. The predicted octanol–water partition coefficient (Wildman–Crippen LogP) is 2.11. The van der Waals surface area contributed by atoms with Crippen LogP contribution in [0.3, 0.4) is 0 Å². The summed E-state index contributed by atoms with van der Waals surface area (Å²) in [7, 11) is 0. The van der Waals surface area contributed by atoms with Crippen LogP contribution in [0, 0.1) is 11.3 Å². The zero-order valence-corrected chi connectivity index (χ0v) is 12.7. The van der Waals surface area contributed by atoms with E-state index in [1.54, 1.807) is 11.0 Å². The molecule has 1 heterocycles. The highest BCUT2D eigenvalue weighted by molar-refractivity contribution is 6.30. The van der Waals surface area contributed by atoms with Crippen LogP contribution in [0.1, 0.15) is 23.7 Å². The number of aromatic hydroxyl groups is 1. The van der Waals surface area contributed by atoms with Crippen LogP contribution in [0.5, 0.6) is 5.75 Å². The first kappa shape index (κ1) is 15.6. The standard InChI is InChI=1S/C15H18ClN3O2/c1-2-12(10-17)18-5-7-19(8-6-18)15(21)13-4-3-11(16)9-14(13)20/h3-4,9,12,20H,2,5-8H2,1H3. The van der Waals surface area contributed by atoms with Crippen molar-refractivity contribution in [2.45, 2.75) is 19.4 Å².